The van der Waals surface area contributed by atoms with E-state index >= 15 is 0 Å². The molecule has 0 spiro atoms. The third-order valence-corrected chi connectivity index (χ3v) is 5.51. The van der Waals surface area contributed by atoms with Gasteiger partial charge in [0, 0.05) is 51.8 Å². The fraction of sp³-hybridized carbons (Fsp3) is 0.474. The van der Waals surface area contributed by atoms with Gasteiger partial charge >= 0.3 is 0 Å². The molecule has 6 nitrogen and oxygen atoms in total. The zero-order chi connectivity index (χ0) is 17.9. The van der Waals surface area contributed by atoms with Crippen LogP contribution in [0.15, 0.2) is 42.9 Å². The van der Waals surface area contributed by atoms with Crippen molar-refractivity contribution in [1.82, 2.24) is 24.7 Å². The molecule has 4 heterocycles. The Labute approximate surface area is 159 Å². The molecule has 0 radical (unpaired) electrons. The van der Waals surface area contributed by atoms with Gasteiger partial charge in [-0.1, -0.05) is 6.07 Å². The fourth-order valence-corrected chi connectivity index (χ4v) is 4.12. The van der Waals surface area contributed by atoms with Crippen LogP contribution in [0.4, 0.5) is 0 Å². The molecule has 7 heteroatoms. The van der Waals surface area contributed by atoms with Crippen LogP contribution in [0.1, 0.15) is 23.3 Å². The number of ether oxygens (including phenoxy) is 1. The molecule has 2 aliphatic heterocycles. The van der Waals surface area contributed by atoms with E-state index in [9.17, 15) is 0 Å². The molecule has 1 N–H and O–H groups in total. The highest BCUT2D eigenvalue weighted by Crippen LogP contribution is 2.38. The summed E-state index contributed by atoms with van der Waals surface area (Å²) in [6.07, 6.45) is 6.11. The van der Waals surface area contributed by atoms with E-state index in [1.54, 1.807) is 0 Å². The van der Waals surface area contributed by atoms with E-state index in [1.165, 1.54) is 5.56 Å². The molecule has 4 rings (SSSR count). The molecular formula is C19H25N5OS. The Morgan fingerprint density at radius 2 is 2.08 bits per heavy atom. The first-order valence-corrected chi connectivity index (χ1v) is 9.53. The maximum absolute atomic E-state index is 5.71. The summed E-state index contributed by atoms with van der Waals surface area (Å²) in [5.41, 5.74) is 2.29. The third kappa shape index (κ3) is 3.60. The van der Waals surface area contributed by atoms with Crippen molar-refractivity contribution in [3.05, 3.63) is 54.1 Å². The summed E-state index contributed by atoms with van der Waals surface area (Å²) in [6, 6.07) is 8.45. The first-order valence-electron chi connectivity index (χ1n) is 9.12. The molecule has 2 aromatic rings. The van der Waals surface area contributed by atoms with Gasteiger partial charge in [-0.15, -0.1) is 0 Å². The van der Waals surface area contributed by atoms with Gasteiger partial charge in [-0.25, -0.2) is 0 Å². The number of morpholine rings is 1. The van der Waals surface area contributed by atoms with Gasteiger partial charge in [-0.3, -0.25) is 9.88 Å². The molecular weight excluding hydrogens is 346 g/mol. The van der Waals surface area contributed by atoms with Gasteiger partial charge < -0.3 is 19.5 Å². The molecule has 26 heavy (non-hydrogen) atoms. The Balaban J connectivity index is 1.57. The highest BCUT2D eigenvalue weighted by molar-refractivity contribution is 7.80. The molecule has 0 aliphatic carbocycles. The number of thiocarbonyl (C=S) groups is 1. The second-order valence-corrected chi connectivity index (χ2v) is 7.27. The monoisotopic (exact) mass is 371 g/mol. The molecule has 2 saturated heterocycles. The lowest BCUT2D eigenvalue weighted by molar-refractivity contribution is 0.0350. The van der Waals surface area contributed by atoms with Gasteiger partial charge in [0.1, 0.15) is 0 Å². The lowest BCUT2D eigenvalue weighted by Gasteiger charge is -2.31. The minimum Gasteiger partial charge on any atom is -0.379 e. The first kappa shape index (κ1) is 17.5. The van der Waals surface area contributed by atoms with Crippen LogP contribution >= 0.6 is 12.2 Å². The normalized spacial score (nSPS) is 24.0. The Morgan fingerprint density at radius 3 is 2.77 bits per heavy atom. The SMILES string of the molecule is Cn1ccc(C2C(c3ccccn3)NC(=S)N2CCN2CCOCC2)c1. The molecule has 2 atom stereocenters. The van der Waals surface area contributed by atoms with E-state index in [4.69, 9.17) is 17.0 Å². The first-order chi connectivity index (χ1) is 12.7. The quantitative estimate of drug-likeness (QED) is 0.808. The van der Waals surface area contributed by atoms with Crippen LogP contribution in [0.2, 0.25) is 0 Å². The summed E-state index contributed by atoms with van der Waals surface area (Å²) < 4.78 is 7.55. The van der Waals surface area contributed by atoms with Gasteiger partial charge in [0.05, 0.1) is 31.0 Å². The number of pyridine rings is 1. The van der Waals surface area contributed by atoms with E-state index in [2.05, 4.69) is 56.2 Å². The second kappa shape index (κ2) is 7.73. The predicted octanol–water partition coefficient (Wildman–Crippen LogP) is 1.72. The number of aryl methyl sites for hydroxylation is 1. The molecule has 0 saturated carbocycles. The van der Waals surface area contributed by atoms with Crippen LogP contribution in [-0.2, 0) is 11.8 Å². The summed E-state index contributed by atoms with van der Waals surface area (Å²) in [5.74, 6) is 0. The molecule has 2 unspecified atom stereocenters. The maximum atomic E-state index is 5.71. The van der Waals surface area contributed by atoms with Crippen molar-refractivity contribution >= 4 is 17.3 Å². The fourth-order valence-electron chi connectivity index (χ4n) is 3.78. The summed E-state index contributed by atoms with van der Waals surface area (Å²) in [7, 11) is 2.05. The van der Waals surface area contributed by atoms with Crippen molar-refractivity contribution < 1.29 is 4.74 Å². The summed E-state index contributed by atoms with van der Waals surface area (Å²) in [6.45, 7) is 5.52. The highest BCUT2D eigenvalue weighted by Gasteiger charge is 2.39. The van der Waals surface area contributed by atoms with Crippen LogP contribution in [0.3, 0.4) is 0 Å². The lowest BCUT2D eigenvalue weighted by atomic mass is 9.99. The molecule has 2 aromatic heterocycles. The molecule has 138 valence electrons. The number of nitrogens with zero attached hydrogens (tertiary/aromatic N) is 4. The Hall–Kier alpha value is -1.96. The molecule has 2 aliphatic rings. The molecule has 0 aromatic carbocycles. The molecule has 0 amide bonds. The minimum absolute atomic E-state index is 0.0655. The largest absolute Gasteiger partial charge is 0.379 e. The van der Waals surface area contributed by atoms with Crippen LogP contribution in [0.25, 0.3) is 0 Å². The van der Waals surface area contributed by atoms with Gasteiger partial charge in [-0.2, -0.15) is 0 Å². The van der Waals surface area contributed by atoms with Gasteiger partial charge in [0.2, 0.25) is 0 Å². The van der Waals surface area contributed by atoms with Crippen LogP contribution in [-0.4, -0.2) is 63.9 Å². The topological polar surface area (TPSA) is 45.6 Å². The zero-order valence-corrected chi connectivity index (χ0v) is 15.9. The number of rotatable bonds is 5. The van der Waals surface area contributed by atoms with E-state index in [0.29, 0.717) is 0 Å². The average molecular weight is 372 g/mol. The van der Waals surface area contributed by atoms with Crippen LogP contribution in [0.5, 0.6) is 0 Å². The Morgan fingerprint density at radius 1 is 1.23 bits per heavy atom. The smallest absolute Gasteiger partial charge is 0.170 e. The van der Waals surface area contributed by atoms with Gasteiger partial charge in [0.15, 0.2) is 5.11 Å². The zero-order valence-electron chi connectivity index (χ0n) is 15.0. The Bertz CT molecular complexity index is 743. The standard InChI is InChI=1S/C19H25N5OS/c1-22-7-5-15(14-22)18-17(16-4-2-3-6-20-16)21-19(26)24(18)9-8-23-10-12-25-13-11-23/h2-7,14,17-18H,8-13H2,1H3,(H,21,26). The van der Waals surface area contributed by atoms with Crippen molar-refractivity contribution in [2.24, 2.45) is 7.05 Å². The molecule has 0 bridgehead atoms. The second-order valence-electron chi connectivity index (χ2n) is 6.88. The lowest BCUT2D eigenvalue weighted by Crippen LogP contribution is -2.42. The number of aromatic nitrogens is 2. The third-order valence-electron chi connectivity index (χ3n) is 5.15. The van der Waals surface area contributed by atoms with E-state index in [1.807, 2.05) is 18.3 Å². The van der Waals surface area contributed by atoms with Crippen LogP contribution in [0, 0.1) is 0 Å². The van der Waals surface area contributed by atoms with Crippen molar-refractivity contribution in [3.63, 3.8) is 0 Å². The van der Waals surface area contributed by atoms with Crippen molar-refractivity contribution in [2.45, 2.75) is 12.1 Å². The van der Waals surface area contributed by atoms with Crippen LogP contribution < -0.4 is 5.32 Å². The average Bonchev–Trinajstić information content (AvgIpc) is 3.24. The summed E-state index contributed by atoms with van der Waals surface area (Å²) in [5, 5.41) is 4.32. The van der Waals surface area contributed by atoms with Crippen molar-refractivity contribution in [2.75, 3.05) is 39.4 Å². The van der Waals surface area contributed by atoms with E-state index in [-0.39, 0.29) is 12.1 Å². The van der Waals surface area contributed by atoms with E-state index < -0.39 is 0 Å². The number of nitrogens with one attached hydrogen (secondary N) is 1. The van der Waals surface area contributed by atoms with E-state index in [0.717, 1.165) is 50.2 Å². The Kier molecular flexibility index (Phi) is 5.19. The van der Waals surface area contributed by atoms with Gasteiger partial charge in [0.25, 0.3) is 0 Å². The van der Waals surface area contributed by atoms with Crippen molar-refractivity contribution in [1.29, 1.82) is 0 Å². The maximum Gasteiger partial charge on any atom is 0.170 e. The van der Waals surface area contributed by atoms with Gasteiger partial charge in [-0.05, 0) is 36.0 Å². The predicted molar refractivity (Wildman–Crippen MR) is 105 cm³/mol. The molecule has 2 fully saturated rings. The summed E-state index contributed by atoms with van der Waals surface area (Å²) in [4.78, 5) is 9.35. The number of hydrogen-bond donors (Lipinski definition) is 1. The highest BCUT2D eigenvalue weighted by atomic mass is 32.1. The minimum atomic E-state index is 0.0655. The van der Waals surface area contributed by atoms with Crippen molar-refractivity contribution in [3.8, 4) is 0 Å². The summed E-state index contributed by atoms with van der Waals surface area (Å²) >= 11 is 5.71. The number of hydrogen-bond acceptors (Lipinski definition) is 4.